The van der Waals surface area contributed by atoms with E-state index < -0.39 is 22.0 Å². The normalized spacial score (nSPS) is 12.5. The number of amides is 1. The van der Waals surface area contributed by atoms with Crippen LogP contribution in [0.5, 0.6) is 0 Å². The number of hydrogen-bond acceptors (Lipinski definition) is 3. The smallest absolute Gasteiger partial charge is 0.243 e. The van der Waals surface area contributed by atoms with Crippen molar-refractivity contribution >= 4 is 21.6 Å². The summed E-state index contributed by atoms with van der Waals surface area (Å²) in [5.74, 6) is -0.788. The quantitative estimate of drug-likeness (QED) is 0.840. The summed E-state index contributed by atoms with van der Waals surface area (Å²) in [7, 11) is -3.66. The molecule has 2 rings (SSSR count). The van der Waals surface area contributed by atoms with Gasteiger partial charge < -0.3 is 5.32 Å². The highest BCUT2D eigenvalue weighted by molar-refractivity contribution is 7.92. The molecule has 0 aromatic heterocycles. The molecule has 7 heteroatoms. The predicted octanol–water partition coefficient (Wildman–Crippen LogP) is 2.91. The summed E-state index contributed by atoms with van der Waals surface area (Å²) in [5, 5.41) is 2.70. The third-order valence-corrected chi connectivity index (χ3v) is 5.46. The van der Waals surface area contributed by atoms with Crippen molar-refractivity contribution in [3.8, 4) is 0 Å². The van der Waals surface area contributed by atoms with Gasteiger partial charge in [0.2, 0.25) is 15.9 Å². The molecule has 0 aliphatic rings. The molecular weight excluding hydrogens is 355 g/mol. The number of benzene rings is 2. The summed E-state index contributed by atoms with van der Waals surface area (Å²) in [6.45, 7) is 5.55. The van der Waals surface area contributed by atoms with Gasteiger partial charge in [0.1, 0.15) is 11.9 Å². The van der Waals surface area contributed by atoms with Gasteiger partial charge in [-0.05, 0) is 61.7 Å². The van der Waals surface area contributed by atoms with E-state index in [-0.39, 0.29) is 12.4 Å². The van der Waals surface area contributed by atoms with Crippen LogP contribution in [0.15, 0.2) is 42.5 Å². The summed E-state index contributed by atoms with van der Waals surface area (Å²) < 4.78 is 38.6. The largest absolute Gasteiger partial charge is 0.350 e. The van der Waals surface area contributed by atoms with Crippen molar-refractivity contribution in [3.63, 3.8) is 0 Å². The van der Waals surface area contributed by atoms with E-state index in [1.807, 2.05) is 19.9 Å². The summed E-state index contributed by atoms with van der Waals surface area (Å²) in [5.41, 5.74) is 3.15. The Hall–Kier alpha value is -2.41. The van der Waals surface area contributed by atoms with Crippen LogP contribution in [-0.2, 0) is 21.4 Å². The highest BCUT2D eigenvalue weighted by atomic mass is 32.2. The molecule has 2 aromatic rings. The minimum atomic E-state index is -3.66. The van der Waals surface area contributed by atoms with Gasteiger partial charge in [0, 0.05) is 6.54 Å². The van der Waals surface area contributed by atoms with Crippen LogP contribution in [0.1, 0.15) is 23.6 Å². The van der Waals surface area contributed by atoms with E-state index in [1.165, 1.54) is 19.1 Å². The van der Waals surface area contributed by atoms with E-state index >= 15 is 0 Å². The summed E-state index contributed by atoms with van der Waals surface area (Å²) >= 11 is 0. The maximum atomic E-state index is 12.9. The number of carbonyl (C=O) groups is 1. The second-order valence-corrected chi connectivity index (χ2v) is 8.21. The molecule has 1 amide bonds. The minimum absolute atomic E-state index is 0.188. The van der Waals surface area contributed by atoms with E-state index in [2.05, 4.69) is 5.32 Å². The second kappa shape index (κ2) is 7.86. The van der Waals surface area contributed by atoms with Crippen LogP contribution in [0.2, 0.25) is 0 Å². The zero-order valence-corrected chi connectivity index (χ0v) is 16.1. The fraction of sp³-hybridized carbons (Fsp3) is 0.316. The number of aryl methyl sites for hydroxylation is 2. The van der Waals surface area contributed by atoms with Crippen LogP contribution in [-0.4, -0.2) is 26.6 Å². The Balaban J connectivity index is 2.20. The molecule has 0 bridgehead atoms. The fourth-order valence-corrected chi connectivity index (χ4v) is 3.78. The Morgan fingerprint density at radius 1 is 1.12 bits per heavy atom. The molecule has 0 fully saturated rings. The third-order valence-electron chi connectivity index (χ3n) is 4.21. The van der Waals surface area contributed by atoms with Gasteiger partial charge >= 0.3 is 0 Å². The lowest BCUT2D eigenvalue weighted by atomic mass is 10.1. The number of halogens is 1. The zero-order valence-electron chi connectivity index (χ0n) is 15.3. The number of nitrogens with one attached hydrogen (secondary N) is 1. The molecule has 0 heterocycles. The van der Waals surface area contributed by atoms with Gasteiger partial charge in [-0.2, -0.15) is 0 Å². The standard InChI is InChI=1S/C19H23FN2O3S/c1-13-5-10-18(11-14(13)2)22(26(4,24)25)15(3)19(23)21-12-16-6-8-17(20)9-7-16/h5-11,15H,12H2,1-4H3,(H,21,23). The van der Waals surface area contributed by atoms with Gasteiger partial charge in [-0.3, -0.25) is 9.10 Å². The maximum absolute atomic E-state index is 12.9. The third kappa shape index (κ3) is 4.82. The van der Waals surface area contributed by atoms with Crippen molar-refractivity contribution in [1.82, 2.24) is 5.32 Å². The number of carbonyl (C=O) groups excluding carboxylic acids is 1. The molecule has 1 atom stereocenters. The molecule has 1 N–H and O–H groups in total. The maximum Gasteiger partial charge on any atom is 0.243 e. The lowest BCUT2D eigenvalue weighted by Crippen LogP contribution is -2.47. The van der Waals surface area contributed by atoms with Gasteiger partial charge in [-0.15, -0.1) is 0 Å². The van der Waals surface area contributed by atoms with Crippen molar-refractivity contribution in [2.24, 2.45) is 0 Å². The van der Waals surface area contributed by atoms with E-state index in [0.29, 0.717) is 5.69 Å². The first-order chi connectivity index (χ1) is 12.1. The molecule has 0 aliphatic carbocycles. The Morgan fingerprint density at radius 3 is 2.27 bits per heavy atom. The number of sulfonamides is 1. The van der Waals surface area contributed by atoms with Gasteiger partial charge in [0.05, 0.1) is 11.9 Å². The van der Waals surface area contributed by atoms with Gasteiger partial charge in [0.25, 0.3) is 0 Å². The zero-order chi connectivity index (χ0) is 19.5. The molecule has 5 nitrogen and oxygen atoms in total. The average Bonchev–Trinajstić information content (AvgIpc) is 2.56. The average molecular weight is 378 g/mol. The molecular formula is C19H23FN2O3S. The molecule has 0 saturated heterocycles. The first kappa shape index (κ1) is 19.9. The van der Waals surface area contributed by atoms with E-state index in [9.17, 15) is 17.6 Å². The van der Waals surface area contributed by atoms with Crippen LogP contribution < -0.4 is 9.62 Å². The Morgan fingerprint density at radius 2 is 1.73 bits per heavy atom. The number of nitrogens with zero attached hydrogens (tertiary/aromatic N) is 1. The fourth-order valence-electron chi connectivity index (χ4n) is 2.61. The molecule has 0 saturated carbocycles. The highest BCUT2D eigenvalue weighted by Crippen LogP contribution is 2.23. The first-order valence-electron chi connectivity index (χ1n) is 8.18. The van der Waals surface area contributed by atoms with E-state index in [1.54, 1.807) is 24.3 Å². The van der Waals surface area contributed by atoms with Crippen LogP contribution >= 0.6 is 0 Å². The molecule has 1 unspecified atom stereocenters. The van der Waals surface area contributed by atoms with E-state index in [0.717, 1.165) is 27.3 Å². The van der Waals surface area contributed by atoms with Crippen LogP contribution in [0, 0.1) is 19.7 Å². The number of hydrogen-bond donors (Lipinski definition) is 1. The lowest BCUT2D eigenvalue weighted by Gasteiger charge is -2.28. The SMILES string of the molecule is Cc1ccc(N(C(C)C(=O)NCc2ccc(F)cc2)S(C)(=O)=O)cc1C. The van der Waals surface area contributed by atoms with Crippen LogP contribution in [0.3, 0.4) is 0 Å². The van der Waals surface area contributed by atoms with Crippen LogP contribution in [0.25, 0.3) is 0 Å². The highest BCUT2D eigenvalue weighted by Gasteiger charge is 2.29. The van der Waals surface area contributed by atoms with Crippen molar-refractivity contribution in [1.29, 1.82) is 0 Å². The van der Waals surface area contributed by atoms with Gasteiger partial charge in [0.15, 0.2) is 0 Å². The number of anilines is 1. The summed E-state index contributed by atoms with van der Waals surface area (Å²) in [4.78, 5) is 12.5. The Bertz CT molecular complexity index is 896. The molecule has 2 aromatic carbocycles. The Labute approximate surface area is 153 Å². The Kier molecular flexibility index (Phi) is 6.02. The van der Waals surface area contributed by atoms with Gasteiger partial charge in [-0.1, -0.05) is 18.2 Å². The predicted molar refractivity (Wildman–Crippen MR) is 101 cm³/mol. The molecule has 26 heavy (non-hydrogen) atoms. The molecule has 0 aliphatic heterocycles. The van der Waals surface area contributed by atoms with Gasteiger partial charge in [-0.25, -0.2) is 12.8 Å². The topological polar surface area (TPSA) is 66.5 Å². The van der Waals surface area contributed by atoms with Crippen LogP contribution in [0.4, 0.5) is 10.1 Å². The number of rotatable bonds is 6. The lowest BCUT2D eigenvalue weighted by molar-refractivity contribution is -0.122. The van der Waals surface area contributed by atoms with Crippen molar-refractivity contribution in [3.05, 3.63) is 65.0 Å². The molecule has 0 radical (unpaired) electrons. The summed E-state index contributed by atoms with van der Waals surface area (Å²) in [6.07, 6.45) is 1.08. The molecule has 0 spiro atoms. The first-order valence-corrected chi connectivity index (χ1v) is 10.0. The van der Waals surface area contributed by atoms with Crippen molar-refractivity contribution in [2.75, 3.05) is 10.6 Å². The van der Waals surface area contributed by atoms with Crippen molar-refractivity contribution in [2.45, 2.75) is 33.4 Å². The van der Waals surface area contributed by atoms with Crippen molar-refractivity contribution < 1.29 is 17.6 Å². The second-order valence-electron chi connectivity index (χ2n) is 6.35. The monoisotopic (exact) mass is 378 g/mol. The summed E-state index contributed by atoms with van der Waals surface area (Å²) in [6, 6.07) is 10.1. The minimum Gasteiger partial charge on any atom is -0.350 e. The molecule has 140 valence electrons. The van der Waals surface area contributed by atoms with E-state index in [4.69, 9.17) is 0 Å².